The van der Waals surface area contributed by atoms with Crippen molar-refractivity contribution in [2.75, 3.05) is 11.9 Å². The predicted octanol–water partition coefficient (Wildman–Crippen LogP) is 2.73. The Morgan fingerprint density at radius 1 is 1.50 bits per heavy atom. The van der Waals surface area contributed by atoms with Crippen molar-refractivity contribution in [3.8, 4) is 6.07 Å². The molecule has 0 N–H and O–H groups in total. The van der Waals surface area contributed by atoms with Crippen LogP contribution in [-0.2, 0) is 0 Å². The molecule has 74 valence electrons. The van der Waals surface area contributed by atoms with E-state index in [4.69, 9.17) is 5.26 Å². The summed E-state index contributed by atoms with van der Waals surface area (Å²) in [7, 11) is 2.02. The van der Waals surface area contributed by atoms with Crippen LogP contribution in [0.1, 0.15) is 18.9 Å². The number of rotatable bonds is 3. The SMILES string of the molecule is Cc1cccc(N(C)C(C)CC#N)c1. The number of hydrogen-bond acceptors (Lipinski definition) is 2. The van der Waals surface area contributed by atoms with Crippen LogP contribution < -0.4 is 4.90 Å². The first-order valence-corrected chi connectivity index (χ1v) is 4.81. The molecule has 0 heterocycles. The van der Waals surface area contributed by atoms with Gasteiger partial charge in [0.2, 0.25) is 0 Å². The van der Waals surface area contributed by atoms with Gasteiger partial charge in [0.25, 0.3) is 0 Å². The normalized spacial score (nSPS) is 11.9. The smallest absolute Gasteiger partial charge is 0.0643 e. The summed E-state index contributed by atoms with van der Waals surface area (Å²) in [6, 6.07) is 10.8. The van der Waals surface area contributed by atoms with Crippen LogP contribution in [0, 0.1) is 18.3 Å². The fourth-order valence-electron chi connectivity index (χ4n) is 1.37. The molecule has 2 nitrogen and oxygen atoms in total. The summed E-state index contributed by atoms with van der Waals surface area (Å²) < 4.78 is 0. The summed E-state index contributed by atoms with van der Waals surface area (Å²) in [6.07, 6.45) is 0.560. The second-order valence-corrected chi connectivity index (χ2v) is 3.66. The van der Waals surface area contributed by atoms with Crippen LogP contribution in [0.15, 0.2) is 24.3 Å². The molecule has 0 aromatic heterocycles. The molecule has 2 heteroatoms. The third-order valence-corrected chi connectivity index (χ3v) is 2.46. The highest BCUT2D eigenvalue weighted by atomic mass is 15.1. The molecule has 1 rings (SSSR count). The van der Waals surface area contributed by atoms with Crippen LogP contribution in [0.4, 0.5) is 5.69 Å². The summed E-state index contributed by atoms with van der Waals surface area (Å²) in [6.45, 7) is 4.14. The molecule has 0 saturated carbocycles. The summed E-state index contributed by atoms with van der Waals surface area (Å²) in [5, 5.41) is 8.61. The topological polar surface area (TPSA) is 27.0 Å². The van der Waals surface area contributed by atoms with Gasteiger partial charge in [0.1, 0.15) is 0 Å². The van der Waals surface area contributed by atoms with Gasteiger partial charge in [-0.25, -0.2) is 0 Å². The number of anilines is 1. The highest BCUT2D eigenvalue weighted by molar-refractivity contribution is 5.48. The van der Waals surface area contributed by atoms with Crippen molar-refractivity contribution in [1.82, 2.24) is 0 Å². The molecule has 0 aliphatic heterocycles. The second-order valence-electron chi connectivity index (χ2n) is 3.66. The molecule has 0 amide bonds. The number of nitrogens with zero attached hydrogens (tertiary/aromatic N) is 2. The second kappa shape index (κ2) is 4.66. The molecule has 1 unspecified atom stereocenters. The van der Waals surface area contributed by atoms with Crippen molar-refractivity contribution in [2.24, 2.45) is 0 Å². The first-order chi connectivity index (χ1) is 6.65. The first kappa shape index (κ1) is 10.6. The molecular weight excluding hydrogens is 172 g/mol. The third kappa shape index (κ3) is 2.50. The van der Waals surface area contributed by atoms with Crippen molar-refractivity contribution in [3.05, 3.63) is 29.8 Å². The Labute approximate surface area is 85.8 Å². The molecule has 0 bridgehead atoms. The van der Waals surface area contributed by atoms with E-state index in [1.54, 1.807) is 0 Å². The third-order valence-electron chi connectivity index (χ3n) is 2.46. The molecule has 14 heavy (non-hydrogen) atoms. The largest absolute Gasteiger partial charge is 0.371 e. The molecule has 0 aliphatic carbocycles. The molecule has 1 aromatic carbocycles. The molecule has 0 fully saturated rings. The average molecular weight is 188 g/mol. The predicted molar refractivity (Wildman–Crippen MR) is 59.3 cm³/mol. The Balaban J connectivity index is 2.79. The van der Waals surface area contributed by atoms with Gasteiger partial charge >= 0.3 is 0 Å². The summed E-state index contributed by atoms with van der Waals surface area (Å²) in [4.78, 5) is 2.14. The zero-order chi connectivity index (χ0) is 10.6. The lowest BCUT2D eigenvalue weighted by Gasteiger charge is -2.25. The van der Waals surface area contributed by atoms with Crippen molar-refractivity contribution < 1.29 is 0 Å². The van der Waals surface area contributed by atoms with Gasteiger partial charge in [-0.2, -0.15) is 5.26 Å². The molecular formula is C12H16N2. The van der Waals surface area contributed by atoms with Gasteiger partial charge < -0.3 is 4.90 Å². The summed E-state index contributed by atoms with van der Waals surface area (Å²) in [5.74, 6) is 0. The maximum atomic E-state index is 8.61. The van der Waals surface area contributed by atoms with Crippen LogP contribution in [0.25, 0.3) is 0 Å². The first-order valence-electron chi connectivity index (χ1n) is 4.81. The molecule has 0 radical (unpaired) electrons. The zero-order valence-electron chi connectivity index (χ0n) is 8.99. The quantitative estimate of drug-likeness (QED) is 0.729. The fraction of sp³-hybridized carbons (Fsp3) is 0.417. The van der Waals surface area contributed by atoms with E-state index in [0.717, 1.165) is 0 Å². The van der Waals surface area contributed by atoms with Gasteiger partial charge in [-0.3, -0.25) is 0 Å². The molecule has 1 atom stereocenters. The van der Waals surface area contributed by atoms with Crippen molar-refractivity contribution in [2.45, 2.75) is 26.3 Å². The van der Waals surface area contributed by atoms with E-state index in [1.807, 2.05) is 13.1 Å². The van der Waals surface area contributed by atoms with E-state index in [0.29, 0.717) is 6.42 Å². The van der Waals surface area contributed by atoms with Gasteiger partial charge in [-0.05, 0) is 31.5 Å². The highest BCUT2D eigenvalue weighted by Crippen LogP contribution is 2.17. The van der Waals surface area contributed by atoms with Crippen molar-refractivity contribution in [1.29, 1.82) is 5.26 Å². The average Bonchev–Trinajstić information content (AvgIpc) is 2.17. The number of benzene rings is 1. The van der Waals surface area contributed by atoms with Crippen molar-refractivity contribution >= 4 is 5.69 Å². The standard InChI is InChI=1S/C12H16N2/c1-10-5-4-6-12(9-10)14(3)11(2)7-8-13/h4-6,9,11H,7H2,1-3H3. The summed E-state index contributed by atoms with van der Waals surface area (Å²) in [5.41, 5.74) is 2.42. The minimum Gasteiger partial charge on any atom is -0.371 e. The van der Waals surface area contributed by atoms with Gasteiger partial charge in [-0.15, -0.1) is 0 Å². The van der Waals surface area contributed by atoms with Gasteiger partial charge in [-0.1, -0.05) is 12.1 Å². The lowest BCUT2D eigenvalue weighted by molar-refractivity contribution is 0.702. The Morgan fingerprint density at radius 3 is 2.79 bits per heavy atom. The maximum Gasteiger partial charge on any atom is 0.0643 e. The minimum absolute atomic E-state index is 0.266. The van der Waals surface area contributed by atoms with Crippen LogP contribution in [0.3, 0.4) is 0 Å². The van der Waals surface area contributed by atoms with E-state index >= 15 is 0 Å². The Hall–Kier alpha value is -1.49. The van der Waals surface area contributed by atoms with E-state index in [9.17, 15) is 0 Å². The van der Waals surface area contributed by atoms with Crippen LogP contribution in [-0.4, -0.2) is 13.1 Å². The van der Waals surface area contributed by atoms with E-state index in [1.165, 1.54) is 11.3 Å². The lowest BCUT2D eigenvalue weighted by atomic mass is 10.1. The Bertz CT molecular complexity index is 338. The van der Waals surface area contributed by atoms with Crippen LogP contribution >= 0.6 is 0 Å². The molecule has 0 spiro atoms. The van der Waals surface area contributed by atoms with Crippen LogP contribution in [0.2, 0.25) is 0 Å². The highest BCUT2D eigenvalue weighted by Gasteiger charge is 2.08. The van der Waals surface area contributed by atoms with E-state index < -0.39 is 0 Å². The number of nitriles is 1. The number of hydrogen-bond donors (Lipinski definition) is 0. The van der Waals surface area contributed by atoms with Gasteiger partial charge in [0.05, 0.1) is 12.5 Å². The lowest BCUT2D eigenvalue weighted by Crippen LogP contribution is -2.28. The van der Waals surface area contributed by atoms with E-state index in [-0.39, 0.29) is 6.04 Å². The Morgan fingerprint density at radius 2 is 2.21 bits per heavy atom. The molecule has 1 aromatic rings. The van der Waals surface area contributed by atoms with Gasteiger partial charge in [0, 0.05) is 18.8 Å². The minimum atomic E-state index is 0.266. The number of aryl methyl sites for hydroxylation is 1. The van der Waals surface area contributed by atoms with Gasteiger partial charge in [0.15, 0.2) is 0 Å². The zero-order valence-corrected chi connectivity index (χ0v) is 8.99. The monoisotopic (exact) mass is 188 g/mol. The molecule has 0 saturated heterocycles. The summed E-state index contributed by atoms with van der Waals surface area (Å²) >= 11 is 0. The fourth-order valence-corrected chi connectivity index (χ4v) is 1.37. The van der Waals surface area contributed by atoms with Crippen LogP contribution in [0.5, 0.6) is 0 Å². The molecule has 0 aliphatic rings. The van der Waals surface area contributed by atoms with Crippen molar-refractivity contribution in [3.63, 3.8) is 0 Å². The van der Waals surface area contributed by atoms with E-state index in [2.05, 4.69) is 43.0 Å². The maximum absolute atomic E-state index is 8.61. The Kier molecular flexibility index (Phi) is 3.53.